The second-order valence-electron chi connectivity index (χ2n) is 6.24. The molecule has 0 aromatic heterocycles. The first-order valence-corrected chi connectivity index (χ1v) is 8.70. The molecule has 0 amide bonds. The van der Waals surface area contributed by atoms with Crippen LogP contribution in [-0.4, -0.2) is 51.2 Å². The van der Waals surface area contributed by atoms with E-state index in [2.05, 4.69) is 20.4 Å². The molecule has 23 heavy (non-hydrogen) atoms. The van der Waals surface area contributed by atoms with Crippen LogP contribution in [0.4, 0.5) is 0 Å². The molecule has 0 N–H and O–H groups in total. The summed E-state index contributed by atoms with van der Waals surface area (Å²) in [6.07, 6.45) is 5.75. The standard InChI is InChI=1S/C11H22O2.C7H10O3/c1-3-5-6-10(4-2)7-12-8-11-9-13-11;1-5(2)7(8)10-4-6-3-9-6/h10-11H,3-9H2,1-2H3;6H,1,3-4H2,2H3. The van der Waals surface area contributed by atoms with Gasteiger partial charge >= 0.3 is 5.97 Å². The van der Waals surface area contributed by atoms with Gasteiger partial charge in [-0.2, -0.15) is 0 Å². The largest absolute Gasteiger partial charge is 0.459 e. The van der Waals surface area contributed by atoms with E-state index in [0.29, 0.717) is 24.9 Å². The van der Waals surface area contributed by atoms with Crippen LogP contribution in [0.15, 0.2) is 12.2 Å². The van der Waals surface area contributed by atoms with Gasteiger partial charge in [0.25, 0.3) is 0 Å². The minimum Gasteiger partial charge on any atom is -0.459 e. The number of hydrogen-bond donors (Lipinski definition) is 0. The monoisotopic (exact) mass is 328 g/mol. The van der Waals surface area contributed by atoms with E-state index in [4.69, 9.17) is 18.9 Å². The number of carbonyl (C=O) groups is 1. The smallest absolute Gasteiger partial charge is 0.333 e. The van der Waals surface area contributed by atoms with E-state index >= 15 is 0 Å². The summed E-state index contributed by atoms with van der Waals surface area (Å²) in [5, 5.41) is 0. The summed E-state index contributed by atoms with van der Waals surface area (Å²) >= 11 is 0. The molecule has 0 saturated carbocycles. The van der Waals surface area contributed by atoms with E-state index in [0.717, 1.165) is 25.7 Å². The molecule has 5 nitrogen and oxygen atoms in total. The second kappa shape index (κ2) is 11.6. The highest BCUT2D eigenvalue weighted by atomic mass is 16.6. The lowest BCUT2D eigenvalue weighted by Crippen LogP contribution is -2.11. The Bertz CT molecular complexity index is 347. The summed E-state index contributed by atoms with van der Waals surface area (Å²) in [7, 11) is 0. The van der Waals surface area contributed by atoms with Crippen molar-refractivity contribution in [3.05, 3.63) is 12.2 Å². The highest BCUT2D eigenvalue weighted by Crippen LogP contribution is 2.15. The van der Waals surface area contributed by atoms with Crippen molar-refractivity contribution in [3.63, 3.8) is 0 Å². The fourth-order valence-electron chi connectivity index (χ4n) is 1.88. The van der Waals surface area contributed by atoms with Gasteiger partial charge in [0, 0.05) is 12.2 Å². The van der Waals surface area contributed by atoms with Crippen molar-refractivity contribution in [2.75, 3.05) is 33.0 Å². The minimum atomic E-state index is -0.337. The molecule has 2 fully saturated rings. The van der Waals surface area contributed by atoms with Crippen molar-refractivity contribution >= 4 is 5.97 Å². The second-order valence-corrected chi connectivity index (χ2v) is 6.24. The van der Waals surface area contributed by atoms with Crippen molar-refractivity contribution < 1.29 is 23.7 Å². The number of epoxide rings is 2. The van der Waals surface area contributed by atoms with Gasteiger partial charge in [0.15, 0.2) is 0 Å². The lowest BCUT2D eigenvalue weighted by atomic mass is 10.0. The molecule has 0 bridgehead atoms. The Morgan fingerprint density at radius 3 is 2.30 bits per heavy atom. The van der Waals surface area contributed by atoms with Crippen LogP contribution < -0.4 is 0 Å². The first-order chi connectivity index (χ1) is 11.1. The van der Waals surface area contributed by atoms with E-state index in [1.54, 1.807) is 6.92 Å². The maximum atomic E-state index is 10.7. The maximum absolute atomic E-state index is 10.7. The number of ether oxygens (including phenoxy) is 4. The third-order valence-electron chi connectivity index (χ3n) is 3.75. The van der Waals surface area contributed by atoms with E-state index in [1.165, 1.54) is 25.7 Å². The predicted molar refractivity (Wildman–Crippen MR) is 89.4 cm³/mol. The average Bonchev–Trinajstić information content (AvgIpc) is 3.43. The van der Waals surface area contributed by atoms with Gasteiger partial charge in [0.05, 0.1) is 19.8 Å². The first kappa shape index (κ1) is 20.1. The number of esters is 1. The van der Waals surface area contributed by atoms with Crippen LogP contribution in [0, 0.1) is 5.92 Å². The van der Waals surface area contributed by atoms with Crippen molar-refractivity contribution in [3.8, 4) is 0 Å². The van der Waals surface area contributed by atoms with Crippen molar-refractivity contribution in [1.29, 1.82) is 0 Å². The first-order valence-electron chi connectivity index (χ1n) is 8.70. The number of unbranched alkanes of at least 4 members (excludes halogenated alkanes) is 1. The maximum Gasteiger partial charge on any atom is 0.333 e. The fourth-order valence-corrected chi connectivity index (χ4v) is 1.88. The predicted octanol–water partition coefficient (Wildman–Crippen LogP) is 3.12. The zero-order chi connectivity index (χ0) is 17.1. The Labute approximate surface area is 140 Å². The molecule has 2 heterocycles. The molecule has 0 aliphatic carbocycles. The third kappa shape index (κ3) is 11.3. The van der Waals surface area contributed by atoms with Gasteiger partial charge in [-0.3, -0.25) is 0 Å². The van der Waals surface area contributed by atoms with Crippen LogP contribution in [0.5, 0.6) is 0 Å². The summed E-state index contributed by atoms with van der Waals surface area (Å²) in [5.74, 6) is 0.425. The van der Waals surface area contributed by atoms with Gasteiger partial charge in [-0.25, -0.2) is 4.79 Å². The van der Waals surface area contributed by atoms with E-state index in [1.807, 2.05) is 0 Å². The average molecular weight is 328 g/mol. The lowest BCUT2D eigenvalue weighted by Gasteiger charge is -2.13. The Morgan fingerprint density at radius 2 is 1.83 bits per heavy atom. The quantitative estimate of drug-likeness (QED) is 0.331. The highest BCUT2D eigenvalue weighted by molar-refractivity contribution is 5.86. The summed E-state index contributed by atoms with van der Waals surface area (Å²) in [6.45, 7) is 13.3. The molecule has 134 valence electrons. The van der Waals surface area contributed by atoms with Crippen molar-refractivity contribution in [2.24, 2.45) is 5.92 Å². The molecule has 0 aromatic carbocycles. The molecule has 2 saturated heterocycles. The minimum absolute atomic E-state index is 0.142. The van der Waals surface area contributed by atoms with Gasteiger partial charge in [0.1, 0.15) is 18.8 Å². The molecule has 0 spiro atoms. The molecule has 3 unspecified atom stereocenters. The molecular weight excluding hydrogens is 296 g/mol. The Hall–Kier alpha value is -0.910. The molecule has 2 aliphatic heterocycles. The van der Waals surface area contributed by atoms with Crippen LogP contribution in [0.2, 0.25) is 0 Å². The molecular formula is C18H32O5. The molecule has 0 radical (unpaired) electrons. The molecule has 2 rings (SSSR count). The van der Waals surface area contributed by atoms with Crippen molar-refractivity contribution in [1.82, 2.24) is 0 Å². The summed E-state index contributed by atoms with van der Waals surface area (Å²) in [6, 6.07) is 0. The molecule has 3 atom stereocenters. The van der Waals surface area contributed by atoms with Gasteiger partial charge in [-0.1, -0.05) is 39.7 Å². The topological polar surface area (TPSA) is 60.6 Å². The summed E-state index contributed by atoms with van der Waals surface area (Å²) < 4.78 is 20.3. The highest BCUT2D eigenvalue weighted by Gasteiger charge is 2.24. The van der Waals surface area contributed by atoms with E-state index in [9.17, 15) is 4.79 Å². The van der Waals surface area contributed by atoms with E-state index in [-0.39, 0.29) is 12.1 Å². The number of rotatable bonds is 11. The van der Waals surface area contributed by atoms with Crippen LogP contribution in [0.3, 0.4) is 0 Å². The van der Waals surface area contributed by atoms with Crippen LogP contribution in [0.25, 0.3) is 0 Å². The lowest BCUT2D eigenvalue weighted by molar-refractivity contribution is -0.139. The summed E-state index contributed by atoms with van der Waals surface area (Å²) in [4.78, 5) is 10.7. The third-order valence-corrected chi connectivity index (χ3v) is 3.75. The number of carbonyl (C=O) groups excluding carboxylic acids is 1. The number of hydrogen-bond acceptors (Lipinski definition) is 5. The van der Waals surface area contributed by atoms with Gasteiger partial charge in [-0.15, -0.1) is 0 Å². The zero-order valence-electron chi connectivity index (χ0n) is 14.8. The SMILES string of the molecule is C=C(C)C(=O)OCC1CO1.CCCCC(CC)COCC1CO1. The van der Waals surface area contributed by atoms with Gasteiger partial charge < -0.3 is 18.9 Å². The Morgan fingerprint density at radius 1 is 1.22 bits per heavy atom. The molecule has 0 aromatic rings. The molecule has 5 heteroatoms. The van der Waals surface area contributed by atoms with E-state index < -0.39 is 0 Å². The van der Waals surface area contributed by atoms with Crippen LogP contribution in [0.1, 0.15) is 46.5 Å². The fraction of sp³-hybridized carbons (Fsp3) is 0.833. The van der Waals surface area contributed by atoms with Gasteiger partial charge in [0.2, 0.25) is 0 Å². The zero-order valence-corrected chi connectivity index (χ0v) is 14.8. The van der Waals surface area contributed by atoms with Crippen molar-refractivity contribution in [2.45, 2.75) is 58.7 Å². The summed E-state index contributed by atoms with van der Waals surface area (Å²) in [5.41, 5.74) is 0.431. The normalized spacial score (nSPS) is 22.6. The molecule has 2 aliphatic rings. The van der Waals surface area contributed by atoms with Crippen LogP contribution in [-0.2, 0) is 23.7 Å². The Balaban J connectivity index is 0.000000238. The van der Waals surface area contributed by atoms with Crippen LogP contribution >= 0.6 is 0 Å². The van der Waals surface area contributed by atoms with Gasteiger partial charge in [-0.05, 0) is 19.3 Å². The Kier molecular flexibility index (Phi) is 10.2.